The Hall–Kier alpha value is -0.840. The third-order valence-electron chi connectivity index (χ3n) is 2.13. The Morgan fingerprint density at radius 1 is 1.31 bits per heavy atom. The van der Waals surface area contributed by atoms with Crippen LogP contribution in [0.25, 0.3) is 0 Å². The van der Waals surface area contributed by atoms with Crippen LogP contribution in [0.3, 0.4) is 0 Å². The van der Waals surface area contributed by atoms with Gasteiger partial charge in [-0.1, -0.05) is 38.8 Å². The van der Waals surface area contributed by atoms with E-state index in [0.29, 0.717) is 13.1 Å². The third kappa shape index (κ3) is 3.07. The average Bonchev–Trinajstić information content (AvgIpc) is 2.74. The minimum Gasteiger partial charge on any atom is -0.364 e. The second-order valence-corrected chi connectivity index (χ2v) is 4.65. The van der Waals surface area contributed by atoms with Crippen molar-refractivity contribution in [1.82, 2.24) is 10.5 Å². The highest BCUT2D eigenvalue weighted by Crippen LogP contribution is 2.21. The number of nitrogens with zero attached hydrogens (tertiary/aromatic N) is 1. The molecule has 1 N–H and O–H groups in total. The van der Waals surface area contributed by atoms with Crippen molar-refractivity contribution in [3.8, 4) is 0 Å². The molecule has 1 aromatic carbocycles. The second-order valence-electron chi connectivity index (χ2n) is 3.33. The zero-order valence-corrected chi connectivity index (χ0v) is 10.8. The number of benzene rings is 1. The lowest BCUT2D eigenvalue weighted by Gasteiger charge is -2.05. The van der Waals surface area contributed by atoms with E-state index in [-0.39, 0.29) is 0 Å². The standard InChI is InChI=1S/C11H10BrClN2O/c12-9-2-1-8(11(13)5-9)6-14-7-10-3-4-16-15-10/h1-5,14H,6-7H2. The molecule has 84 valence electrons. The summed E-state index contributed by atoms with van der Waals surface area (Å²) in [6, 6.07) is 7.67. The van der Waals surface area contributed by atoms with E-state index >= 15 is 0 Å². The number of halogens is 2. The molecular weight excluding hydrogens is 291 g/mol. The predicted molar refractivity (Wildman–Crippen MR) is 66.2 cm³/mol. The van der Waals surface area contributed by atoms with E-state index in [1.807, 2.05) is 24.3 Å². The molecule has 0 aliphatic rings. The van der Waals surface area contributed by atoms with E-state index in [9.17, 15) is 0 Å². The Bertz CT molecular complexity index is 459. The van der Waals surface area contributed by atoms with Crippen LogP contribution in [0.15, 0.2) is 39.5 Å². The summed E-state index contributed by atoms with van der Waals surface area (Å²) >= 11 is 9.45. The molecule has 1 heterocycles. The maximum absolute atomic E-state index is 6.09. The minimum absolute atomic E-state index is 0.670. The van der Waals surface area contributed by atoms with Crippen LogP contribution in [0, 0.1) is 0 Å². The maximum atomic E-state index is 6.09. The lowest BCUT2D eigenvalue weighted by Crippen LogP contribution is -2.13. The SMILES string of the molecule is Clc1cc(Br)ccc1CNCc1ccon1. The van der Waals surface area contributed by atoms with Gasteiger partial charge in [0.2, 0.25) is 0 Å². The number of hydrogen-bond acceptors (Lipinski definition) is 3. The van der Waals surface area contributed by atoms with E-state index in [2.05, 4.69) is 26.4 Å². The molecular formula is C11H10BrClN2O. The quantitative estimate of drug-likeness (QED) is 0.941. The van der Waals surface area contributed by atoms with Crippen LogP contribution in [0.1, 0.15) is 11.3 Å². The van der Waals surface area contributed by atoms with E-state index in [4.69, 9.17) is 16.1 Å². The van der Waals surface area contributed by atoms with Crippen molar-refractivity contribution in [1.29, 1.82) is 0 Å². The lowest BCUT2D eigenvalue weighted by atomic mass is 10.2. The first-order valence-corrected chi connectivity index (χ1v) is 5.97. The van der Waals surface area contributed by atoms with E-state index in [1.54, 1.807) is 6.26 Å². The summed E-state index contributed by atoms with van der Waals surface area (Å²) < 4.78 is 5.72. The summed E-state index contributed by atoms with van der Waals surface area (Å²) in [5, 5.41) is 7.80. The van der Waals surface area contributed by atoms with E-state index in [0.717, 1.165) is 20.8 Å². The first-order valence-electron chi connectivity index (χ1n) is 4.79. The van der Waals surface area contributed by atoms with E-state index in [1.165, 1.54) is 0 Å². The Morgan fingerprint density at radius 3 is 2.88 bits per heavy atom. The van der Waals surface area contributed by atoms with Gasteiger partial charge in [0.05, 0.1) is 5.69 Å². The fraction of sp³-hybridized carbons (Fsp3) is 0.182. The van der Waals surface area contributed by atoms with Gasteiger partial charge in [-0.2, -0.15) is 0 Å². The zero-order chi connectivity index (χ0) is 11.4. The topological polar surface area (TPSA) is 38.1 Å². The molecule has 0 aliphatic heterocycles. The van der Waals surface area contributed by atoms with Crippen molar-refractivity contribution in [2.45, 2.75) is 13.1 Å². The van der Waals surface area contributed by atoms with Crippen LogP contribution >= 0.6 is 27.5 Å². The number of aromatic nitrogens is 1. The maximum Gasteiger partial charge on any atom is 0.124 e. The highest BCUT2D eigenvalue weighted by molar-refractivity contribution is 9.10. The molecule has 16 heavy (non-hydrogen) atoms. The van der Waals surface area contributed by atoms with Crippen LogP contribution in [-0.4, -0.2) is 5.16 Å². The number of hydrogen-bond donors (Lipinski definition) is 1. The molecule has 1 aromatic heterocycles. The second kappa shape index (κ2) is 5.48. The van der Waals surface area contributed by atoms with Crippen LogP contribution in [0.4, 0.5) is 0 Å². The molecule has 0 unspecified atom stereocenters. The van der Waals surface area contributed by atoms with Crippen molar-refractivity contribution in [3.63, 3.8) is 0 Å². The molecule has 2 rings (SSSR count). The van der Waals surface area contributed by atoms with Crippen molar-refractivity contribution < 1.29 is 4.52 Å². The van der Waals surface area contributed by atoms with Crippen LogP contribution in [-0.2, 0) is 13.1 Å². The monoisotopic (exact) mass is 300 g/mol. The Labute approximate surface area is 107 Å². The third-order valence-corrected chi connectivity index (χ3v) is 2.97. The van der Waals surface area contributed by atoms with Crippen LogP contribution in [0.2, 0.25) is 5.02 Å². The van der Waals surface area contributed by atoms with Gasteiger partial charge in [-0.05, 0) is 17.7 Å². The predicted octanol–water partition coefficient (Wildman–Crippen LogP) is 3.38. The average molecular weight is 302 g/mol. The molecule has 0 saturated heterocycles. The van der Waals surface area contributed by atoms with Crippen molar-refractivity contribution in [2.24, 2.45) is 0 Å². The minimum atomic E-state index is 0.670. The van der Waals surface area contributed by atoms with Gasteiger partial charge in [0.15, 0.2) is 0 Å². The first-order chi connectivity index (χ1) is 7.75. The van der Waals surface area contributed by atoms with Gasteiger partial charge in [0, 0.05) is 28.7 Å². The molecule has 2 aromatic rings. The summed E-state index contributed by atoms with van der Waals surface area (Å²) in [5.74, 6) is 0. The highest BCUT2D eigenvalue weighted by Gasteiger charge is 2.01. The molecule has 0 bridgehead atoms. The fourth-order valence-corrected chi connectivity index (χ4v) is 2.06. The number of rotatable bonds is 4. The Morgan fingerprint density at radius 2 is 2.19 bits per heavy atom. The fourth-order valence-electron chi connectivity index (χ4n) is 1.32. The van der Waals surface area contributed by atoms with Gasteiger partial charge in [-0.15, -0.1) is 0 Å². The summed E-state index contributed by atoms with van der Waals surface area (Å²) in [7, 11) is 0. The van der Waals surface area contributed by atoms with Gasteiger partial charge in [0.1, 0.15) is 6.26 Å². The van der Waals surface area contributed by atoms with Crippen LogP contribution in [0.5, 0.6) is 0 Å². The van der Waals surface area contributed by atoms with Crippen molar-refractivity contribution in [3.05, 3.63) is 51.3 Å². The Balaban J connectivity index is 1.90. The molecule has 0 fully saturated rings. The highest BCUT2D eigenvalue weighted by atomic mass is 79.9. The van der Waals surface area contributed by atoms with Gasteiger partial charge in [-0.25, -0.2) is 0 Å². The van der Waals surface area contributed by atoms with Gasteiger partial charge < -0.3 is 9.84 Å². The number of nitrogens with one attached hydrogen (secondary N) is 1. The van der Waals surface area contributed by atoms with Gasteiger partial charge in [0.25, 0.3) is 0 Å². The summed E-state index contributed by atoms with van der Waals surface area (Å²) in [4.78, 5) is 0. The van der Waals surface area contributed by atoms with Crippen LogP contribution < -0.4 is 5.32 Å². The summed E-state index contributed by atoms with van der Waals surface area (Å²) in [6.45, 7) is 1.38. The molecule has 0 aliphatic carbocycles. The Kier molecular flexibility index (Phi) is 3.98. The normalized spacial score (nSPS) is 10.6. The zero-order valence-electron chi connectivity index (χ0n) is 8.41. The molecule has 0 saturated carbocycles. The first kappa shape index (κ1) is 11.6. The van der Waals surface area contributed by atoms with Crippen molar-refractivity contribution >= 4 is 27.5 Å². The van der Waals surface area contributed by atoms with Gasteiger partial charge in [-0.3, -0.25) is 0 Å². The smallest absolute Gasteiger partial charge is 0.124 e. The molecule has 0 spiro atoms. The summed E-state index contributed by atoms with van der Waals surface area (Å²) in [5.41, 5.74) is 1.95. The molecule has 0 radical (unpaired) electrons. The molecule has 5 heteroatoms. The lowest BCUT2D eigenvalue weighted by molar-refractivity contribution is 0.408. The molecule has 0 atom stereocenters. The molecule has 0 amide bonds. The van der Waals surface area contributed by atoms with Gasteiger partial charge >= 0.3 is 0 Å². The molecule has 3 nitrogen and oxygen atoms in total. The largest absolute Gasteiger partial charge is 0.364 e. The van der Waals surface area contributed by atoms with Crippen molar-refractivity contribution in [2.75, 3.05) is 0 Å². The van der Waals surface area contributed by atoms with E-state index < -0.39 is 0 Å². The summed E-state index contributed by atoms with van der Waals surface area (Å²) in [6.07, 6.45) is 1.56.